The molecule has 0 bridgehead atoms. The first-order chi connectivity index (χ1) is 15.6. The molecule has 2 aliphatic rings. The third kappa shape index (κ3) is 4.96. The lowest BCUT2D eigenvalue weighted by atomic mass is 9.93. The zero-order valence-electron chi connectivity index (χ0n) is 17.7. The molecule has 0 aromatic heterocycles. The summed E-state index contributed by atoms with van der Waals surface area (Å²) in [5, 5.41) is 21.0. The third-order valence-electron chi connectivity index (χ3n) is 6.14. The summed E-state index contributed by atoms with van der Waals surface area (Å²) < 4.78 is 5.43. The van der Waals surface area contributed by atoms with Gasteiger partial charge >= 0.3 is 5.97 Å². The van der Waals surface area contributed by atoms with Crippen molar-refractivity contribution in [3.63, 3.8) is 0 Å². The number of benzene rings is 2. The van der Waals surface area contributed by atoms with Crippen molar-refractivity contribution in [1.29, 1.82) is 10.5 Å². The van der Waals surface area contributed by atoms with Crippen LogP contribution in [0.15, 0.2) is 48.5 Å². The highest BCUT2D eigenvalue weighted by atomic mass is 16.6. The van der Waals surface area contributed by atoms with Gasteiger partial charge < -0.3 is 10.1 Å². The van der Waals surface area contributed by atoms with E-state index in [-0.39, 0.29) is 24.3 Å². The molecule has 32 heavy (non-hydrogen) atoms. The number of amides is 1. The highest BCUT2D eigenvalue weighted by molar-refractivity contribution is 5.87. The van der Waals surface area contributed by atoms with Crippen molar-refractivity contribution in [3.05, 3.63) is 70.8 Å². The molecule has 2 aromatic carbocycles. The van der Waals surface area contributed by atoms with Gasteiger partial charge in [0.1, 0.15) is 6.10 Å². The van der Waals surface area contributed by atoms with Crippen LogP contribution in [0.5, 0.6) is 0 Å². The minimum Gasteiger partial charge on any atom is -0.457 e. The summed E-state index contributed by atoms with van der Waals surface area (Å²) in [6.07, 6.45) is 1.12. The van der Waals surface area contributed by atoms with Gasteiger partial charge in [-0.2, -0.15) is 10.5 Å². The number of ether oxygens (including phenoxy) is 1. The molecule has 7 heteroatoms. The van der Waals surface area contributed by atoms with Gasteiger partial charge in [0.05, 0.1) is 35.6 Å². The minimum absolute atomic E-state index is 0.0635. The lowest BCUT2D eigenvalue weighted by Gasteiger charge is -2.33. The highest BCUT2D eigenvalue weighted by Gasteiger charge is 2.41. The number of likely N-dealkylation sites (tertiary alicyclic amines) is 1. The minimum atomic E-state index is -0.619. The number of rotatable bonds is 5. The van der Waals surface area contributed by atoms with Crippen LogP contribution in [0.1, 0.15) is 47.6 Å². The fraction of sp³-hybridized carbons (Fsp3) is 0.360. The summed E-state index contributed by atoms with van der Waals surface area (Å²) in [6.45, 7) is 2.55. The number of hydrogen-bond donors (Lipinski definition) is 1. The maximum Gasteiger partial charge on any atom is 0.307 e. The summed E-state index contributed by atoms with van der Waals surface area (Å²) >= 11 is 0. The Morgan fingerprint density at radius 1 is 1.00 bits per heavy atom. The number of esters is 1. The van der Waals surface area contributed by atoms with Crippen LogP contribution in [0, 0.1) is 28.6 Å². The molecule has 4 rings (SSSR count). The van der Waals surface area contributed by atoms with E-state index in [4.69, 9.17) is 15.3 Å². The van der Waals surface area contributed by atoms with Crippen LogP contribution in [0.2, 0.25) is 0 Å². The van der Waals surface area contributed by atoms with Crippen LogP contribution in [0.4, 0.5) is 0 Å². The molecule has 1 unspecified atom stereocenters. The Balaban J connectivity index is 1.31. The summed E-state index contributed by atoms with van der Waals surface area (Å²) in [7, 11) is 0. The van der Waals surface area contributed by atoms with E-state index >= 15 is 0 Å². The first kappa shape index (κ1) is 21.5. The molecule has 1 amide bonds. The average Bonchev–Trinajstić information content (AvgIpc) is 3.23. The highest BCUT2D eigenvalue weighted by Crippen LogP contribution is 2.36. The number of hydrogen-bond acceptors (Lipinski definition) is 6. The van der Waals surface area contributed by atoms with Gasteiger partial charge in [-0.15, -0.1) is 0 Å². The van der Waals surface area contributed by atoms with Crippen LogP contribution in [0.3, 0.4) is 0 Å². The van der Waals surface area contributed by atoms with Crippen LogP contribution >= 0.6 is 0 Å². The predicted molar refractivity (Wildman–Crippen MR) is 116 cm³/mol. The molecule has 2 heterocycles. The van der Waals surface area contributed by atoms with E-state index in [2.05, 4.69) is 22.4 Å². The molecule has 2 atom stereocenters. The lowest BCUT2D eigenvalue weighted by molar-refractivity contribution is -0.141. The van der Waals surface area contributed by atoms with Crippen LogP contribution in [-0.4, -0.2) is 35.9 Å². The maximum absolute atomic E-state index is 13.0. The summed E-state index contributed by atoms with van der Waals surface area (Å²) in [4.78, 5) is 27.2. The van der Waals surface area contributed by atoms with Gasteiger partial charge in [-0.25, -0.2) is 0 Å². The lowest BCUT2D eigenvalue weighted by Crippen LogP contribution is -2.46. The van der Waals surface area contributed by atoms with E-state index in [1.165, 1.54) is 5.56 Å². The number of carbonyl (C=O) groups is 2. The molecule has 162 valence electrons. The van der Waals surface area contributed by atoms with Crippen molar-refractivity contribution in [2.24, 2.45) is 5.92 Å². The molecule has 2 fully saturated rings. The molecule has 0 radical (unpaired) electrons. The third-order valence-corrected chi connectivity index (χ3v) is 6.14. The Kier molecular flexibility index (Phi) is 6.49. The van der Waals surface area contributed by atoms with E-state index in [0.29, 0.717) is 11.1 Å². The van der Waals surface area contributed by atoms with Crippen molar-refractivity contribution in [1.82, 2.24) is 10.2 Å². The van der Waals surface area contributed by atoms with E-state index in [9.17, 15) is 9.59 Å². The van der Waals surface area contributed by atoms with Crippen LogP contribution < -0.4 is 5.32 Å². The van der Waals surface area contributed by atoms with Crippen LogP contribution in [-0.2, 0) is 20.9 Å². The molecule has 2 aliphatic heterocycles. The molecule has 1 N–H and O–H groups in total. The van der Waals surface area contributed by atoms with Crippen molar-refractivity contribution >= 4 is 11.9 Å². The van der Waals surface area contributed by atoms with E-state index in [1.807, 2.05) is 24.3 Å². The maximum atomic E-state index is 13.0. The summed E-state index contributed by atoms with van der Waals surface area (Å²) in [5.74, 6) is -1.10. The zero-order valence-corrected chi connectivity index (χ0v) is 17.7. The van der Waals surface area contributed by atoms with Gasteiger partial charge in [0.25, 0.3) is 0 Å². The first-order valence-electron chi connectivity index (χ1n) is 10.8. The van der Waals surface area contributed by atoms with Gasteiger partial charge in [-0.05, 0) is 48.2 Å². The standard InChI is InChI=1S/C25H24N4O3/c26-14-17-1-3-19(4-2-17)16-29-11-9-21(10-12-29)28-25(31)22-13-23(30)32-24(22)20-7-5-18(15-27)6-8-20/h1-8,21-22,24H,9-13,16H2,(H,28,31)/t22-,24?/m0/s1. The Bertz CT molecular complexity index is 1060. The molecule has 0 saturated carbocycles. The monoisotopic (exact) mass is 428 g/mol. The molecule has 2 saturated heterocycles. The second-order valence-electron chi connectivity index (χ2n) is 8.32. The molecule has 2 aromatic rings. The second kappa shape index (κ2) is 9.64. The Hall–Kier alpha value is -3.68. The predicted octanol–water partition coefficient (Wildman–Crippen LogP) is 2.81. The van der Waals surface area contributed by atoms with Crippen LogP contribution in [0.25, 0.3) is 0 Å². The molecular formula is C25H24N4O3. The second-order valence-corrected chi connectivity index (χ2v) is 8.32. The molecular weight excluding hydrogens is 404 g/mol. The normalized spacial score (nSPS) is 21.4. The van der Waals surface area contributed by atoms with Crippen molar-refractivity contribution in [3.8, 4) is 12.1 Å². The quantitative estimate of drug-likeness (QED) is 0.734. The Morgan fingerprint density at radius 2 is 1.59 bits per heavy atom. The van der Waals surface area contributed by atoms with Crippen molar-refractivity contribution in [2.45, 2.75) is 38.0 Å². The fourth-order valence-electron chi connectivity index (χ4n) is 4.32. The fourth-order valence-corrected chi connectivity index (χ4v) is 4.32. The number of piperidine rings is 1. The molecule has 7 nitrogen and oxygen atoms in total. The van der Waals surface area contributed by atoms with Gasteiger partial charge in [-0.3, -0.25) is 14.5 Å². The number of nitriles is 2. The number of nitrogens with zero attached hydrogens (tertiary/aromatic N) is 3. The van der Waals surface area contributed by atoms with E-state index in [1.54, 1.807) is 24.3 Å². The first-order valence-corrected chi connectivity index (χ1v) is 10.8. The summed E-state index contributed by atoms with van der Waals surface area (Å²) in [6, 6.07) is 18.7. The zero-order chi connectivity index (χ0) is 22.5. The van der Waals surface area contributed by atoms with Gasteiger partial charge in [0, 0.05) is 25.7 Å². The van der Waals surface area contributed by atoms with E-state index in [0.717, 1.165) is 38.0 Å². The summed E-state index contributed by atoms with van der Waals surface area (Å²) in [5.41, 5.74) is 3.07. The number of cyclic esters (lactones) is 1. The van der Waals surface area contributed by atoms with Gasteiger partial charge in [0.15, 0.2) is 0 Å². The SMILES string of the molecule is N#Cc1ccc(CN2CCC(NC(=O)[C@H]3CC(=O)OC3c3ccc(C#N)cc3)CC2)cc1. The van der Waals surface area contributed by atoms with Crippen molar-refractivity contribution in [2.75, 3.05) is 13.1 Å². The smallest absolute Gasteiger partial charge is 0.307 e. The van der Waals surface area contributed by atoms with Gasteiger partial charge in [0.2, 0.25) is 5.91 Å². The van der Waals surface area contributed by atoms with E-state index < -0.39 is 12.0 Å². The van der Waals surface area contributed by atoms with Gasteiger partial charge in [-0.1, -0.05) is 24.3 Å². The molecule has 0 aliphatic carbocycles. The average molecular weight is 428 g/mol. The Morgan fingerprint density at radius 3 is 2.19 bits per heavy atom. The van der Waals surface area contributed by atoms with Crippen molar-refractivity contribution < 1.29 is 14.3 Å². The number of nitrogens with one attached hydrogen (secondary N) is 1. The Labute approximate surface area is 187 Å². The molecule has 0 spiro atoms. The largest absolute Gasteiger partial charge is 0.457 e. The number of carbonyl (C=O) groups excluding carboxylic acids is 2. The topological polar surface area (TPSA) is 106 Å².